The standard InChI is InChI=1S/C17H24N6O2S/c1-17(2,3)25-16(24)22-6-7-23(11(8-22)10-4-5-10)13-12-14(26-9-19-12)21-15(18)20-13/h9-11H,4-8H2,1-3H3,(H2,18,20,21)/t11-/m1/s1. The Morgan fingerprint density at radius 1 is 1.31 bits per heavy atom. The Morgan fingerprint density at radius 2 is 2.08 bits per heavy atom. The lowest BCUT2D eigenvalue weighted by atomic mass is 10.1. The molecule has 1 aliphatic carbocycles. The molecule has 1 saturated carbocycles. The zero-order valence-electron chi connectivity index (χ0n) is 15.3. The maximum Gasteiger partial charge on any atom is 0.410 e. The van der Waals surface area contributed by atoms with Gasteiger partial charge in [0.1, 0.15) is 11.1 Å². The molecular formula is C17H24N6O2S. The lowest BCUT2D eigenvalue weighted by molar-refractivity contribution is 0.0208. The van der Waals surface area contributed by atoms with E-state index < -0.39 is 5.60 Å². The summed E-state index contributed by atoms with van der Waals surface area (Å²) in [5, 5.41) is 0. The van der Waals surface area contributed by atoms with Crippen LogP contribution < -0.4 is 10.6 Å². The van der Waals surface area contributed by atoms with Crippen molar-refractivity contribution in [2.45, 2.75) is 45.3 Å². The topological polar surface area (TPSA) is 97.5 Å². The van der Waals surface area contributed by atoms with Crippen molar-refractivity contribution in [1.29, 1.82) is 0 Å². The number of nitrogens with zero attached hydrogens (tertiary/aromatic N) is 5. The molecule has 1 amide bonds. The summed E-state index contributed by atoms with van der Waals surface area (Å²) in [5.41, 5.74) is 7.99. The van der Waals surface area contributed by atoms with Crippen molar-refractivity contribution >= 4 is 39.5 Å². The SMILES string of the molecule is CC(C)(C)OC(=O)N1CCN(c2nc(N)nc3scnc23)[C@@H](C2CC2)C1. The highest BCUT2D eigenvalue weighted by molar-refractivity contribution is 7.16. The van der Waals surface area contributed by atoms with Gasteiger partial charge in [0.25, 0.3) is 0 Å². The number of carbonyl (C=O) groups is 1. The van der Waals surface area contributed by atoms with Crippen LogP contribution in [0.15, 0.2) is 5.51 Å². The van der Waals surface area contributed by atoms with Gasteiger partial charge in [0.05, 0.1) is 11.6 Å². The van der Waals surface area contributed by atoms with Crippen LogP contribution in [0.2, 0.25) is 0 Å². The maximum absolute atomic E-state index is 12.5. The second kappa shape index (κ2) is 6.22. The van der Waals surface area contributed by atoms with Gasteiger partial charge in [-0.2, -0.15) is 4.98 Å². The minimum Gasteiger partial charge on any atom is -0.444 e. The van der Waals surface area contributed by atoms with Gasteiger partial charge >= 0.3 is 6.09 Å². The minimum absolute atomic E-state index is 0.204. The molecule has 2 aromatic heterocycles. The predicted molar refractivity (Wildman–Crippen MR) is 101 cm³/mol. The minimum atomic E-state index is -0.489. The second-order valence-corrected chi connectivity index (χ2v) is 8.77. The van der Waals surface area contributed by atoms with Crippen LogP contribution in [0.1, 0.15) is 33.6 Å². The Bertz CT molecular complexity index is 828. The van der Waals surface area contributed by atoms with Crippen LogP contribution in [0.4, 0.5) is 16.6 Å². The van der Waals surface area contributed by atoms with Gasteiger partial charge in [-0.1, -0.05) is 0 Å². The summed E-state index contributed by atoms with van der Waals surface area (Å²) in [6, 6.07) is 0.204. The summed E-state index contributed by atoms with van der Waals surface area (Å²) in [5.74, 6) is 1.61. The van der Waals surface area contributed by atoms with Crippen molar-refractivity contribution in [3.63, 3.8) is 0 Å². The Kier molecular flexibility index (Phi) is 4.13. The van der Waals surface area contributed by atoms with E-state index in [1.54, 1.807) is 5.51 Å². The Labute approximate surface area is 156 Å². The van der Waals surface area contributed by atoms with Gasteiger partial charge in [0.2, 0.25) is 5.95 Å². The summed E-state index contributed by atoms with van der Waals surface area (Å²) in [6.07, 6.45) is 2.09. The predicted octanol–water partition coefficient (Wildman–Crippen LogP) is 2.50. The molecular weight excluding hydrogens is 352 g/mol. The van der Waals surface area contributed by atoms with E-state index in [0.29, 0.717) is 25.6 Å². The van der Waals surface area contributed by atoms with Crippen LogP contribution in [0, 0.1) is 5.92 Å². The molecule has 9 heteroatoms. The van der Waals surface area contributed by atoms with Crippen molar-refractivity contribution in [2.24, 2.45) is 5.92 Å². The van der Waals surface area contributed by atoms with E-state index in [9.17, 15) is 4.79 Å². The number of hydrogen-bond donors (Lipinski definition) is 1. The molecule has 140 valence electrons. The van der Waals surface area contributed by atoms with Gasteiger partial charge < -0.3 is 20.3 Å². The van der Waals surface area contributed by atoms with Gasteiger partial charge in [0.15, 0.2) is 10.6 Å². The number of ether oxygens (including phenoxy) is 1. The number of amides is 1. The van der Waals surface area contributed by atoms with Crippen molar-refractivity contribution in [3.8, 4) is 0 Å². The van der Waals surface area contributed by atoms with Gasteiger partial charge in [-0.05, 0) is 39.5 Å². The van der Waals surface area contributed by atoms with Crippen LogP contribution in [0.3, 0.4) is 0 Å². The van der Waals surface area contributed by atoms with Crippen molar-refractivity contribution < 1.29 is 9.53 Å². The van der Waals surface area contributed by atoms with Crippen molar-refractivity contribution in [2.75, 3.05) is 30.3 Å². The Hall–Kier alpha value is -2.16. The first-order valence-electron chi connectivity index (χ1n) is 8.93. The van der Waals surface area contributed by atoms with E-state index in [1.165, 1.54) is 24.2 Å². The monoisotopic (exact) mass is 376 g/mol. The molecule has 26 heavy (non-hydrogen) atoms. The van der Waals surface area contributed by atoms with E-state index in [2.05, 4.69) is 19.9 Å². The molecule has 2 N–H and O–H groups in total. The van der Waals surface area contributed by atoms with Crippen LogP contribution in [0.5, 0.6) is 0 Å². The number of aromatic nitrogens is 3. The zero-order valence-corrected chi connectivity index (χ0v) is 16.1. The zero-order chi connectivity index (χ0) is 18.5. The first-order chi connectivity index (χ1) is 12.3. The van der Waals surface area contributed by atoms with Gasteiger partial charge in [-0.3, -0.25) is 0 Å². The van der Waals surface area contributed by atoms with E-state index in [4.69, 9.17) is 10.5 Å². The molecule has 4 rings (SSSR count). The molecule has 0 aromatic carbocycles. The third-order valence-electron chi connectivity index (χ3n) is 4.71. The van der Waals surface area contributed by atoms with Crippen molar-refractivity contribution in [1.82, 2.24) is 19.9 Å². The molecule has 1 atom stereocenters. The number of carbonyl (C=O) groups excluding carboxylic acids is 1. The number of fused-ring (bicyclic) bond motifs is 1. The third-order valence-corrected chi connectivity index (χ3v) is 5.42. The molecule has 0 radical (unpaired) electrons. The molecule has 1 saturated heterocycles. The molecule has 0 bridgehead atoms. The molecule has 2 fully saturated rings. The first-order valence-corrected chi connectivity index (χ1v) is 9.81. The number of piperazine rings is 1. The van der Waals surface area contributed by atoms with Gasteiger partial charge in [-0.15, -0.1) is 11.3 Å². The first kappa shape index (κ1) is 17.3. The normalized spacial score (nSPS) is 21.3. The van der Waals surface area contributed by atoms with E-state index in [1.807, 2.05) is 25.7 Å². The lowest BCUT2D eigenvalue weighted by Crippen LogP contribution is -2.56. The molecule has 0 unspecified atom stereocenters. The van der Waals surface area contributed by atoms with Crippen LogP contribution in [-0.4, -0.2) is 57.2 Å². The maximum atomic E-state index is 12.5. The molecule has 2 aliphatic rings. The van der Waals surface area contributed by atoms with Gasteiger partial charge in [0, 0.05) is 19.6 Å². The highest BCUT2D eigenvalue weighted by Gasteiger charge is 2.42. The third kappa shape index (κ3) is 3.40. The summed E-state index contributed by atoms with van der Waals surface area (Å²) in [4.78, 5) is 30.6. The van der Waals surface area contributed by atoms with Crippen LogP contribution in [-0.2, 0) is 4.74 Å². The second-order valence-electron chi connectivity index (χ2n) is 7.94. The van der Waals surface area contributed by atoms with Gasteiger partial charge in [-0.25, -0.2) is 14.8 Å². The fourth-order valence-corrected chi connectivity index (χ4v) is 4.07. The van der Waals surface area contributed by atoms with Crippen molar-refractivity contribution in [3.05, 3.63) is 5.51 Å². The number of hydrogen-bond acceptors (Lipinski definition) is 8. The molecule has 1 aliphatic heterocycles. The summed E-state index contributed by atoms with van der Waals surface area (Å²) < 4.78 is 5.56. The summed E-state index contributed by atoms with van der Waals surface area (Å²) in [7, 11) is 0. The van der Waals surface area contributed by atoms with Crippen LogP contribution in [0.25, 0.3) is 10.3 Å². The number of nitrogens with two attached hydrogens (primary N) is 1. The fourth-order valence-electron chi connectivity index (χ4n) is 3.41. The highest BCUT2D eigenvalue weighted by atomic mass is 32.1. The molecule has 2 aromatic rings. The average Bonchev–Trinajstić information content (AvgIpc) is 3.30. The smallest absolute Gasteiger partial charge is 0.410 e. The summed E-state index contributed by atoms with van der Waals surface area (Å²) in [6.45, 7) is 7.58. The number of rotatable bonds is 2. The molecule has 8 nitrogen and oxygen atoms in total. The Morgan fingerprint density at radius 3 is 2.77 bits per heavy atom. The number of nitrogen functional groups attached to an aromatic ring is 1. The lowest BCUT2D eigenvalue weighted by Gasteiger charge is -2.42. The quantitative estimate of drug-likeness (QED) is 0.860. The molecule has 3 heterocycles. The van der Waals surface area contributed by atoms with E-state index >= 15 is 0 Å². The number of thiazole rings is 1. The van der Waals surface area contributed by atoms with E-state index in [-0.39, 0.29) is 18.1 Å². The highest BCUT2D eigenvalue weighted by Crippen LogP contribution is 2.40. The fraction of sp³-hybridized carbons (Fsp3) is 0.647. The molecule has 0 spiro atoms. The van der Waals surface area contributed by atoms with Crippen LogP contribution >= 0.6 is 11.3 Å². The average molecular weight is 376 g/mol. The van der Waals surface area contributed by atoms with E-state index in [0.717, 1.165) is 16.2 Å². The largest absolute Gasteiger partial charge is 0.444 e. The number of anilines is 2. The Balaban J connectivity index is 1.60. The summed E-state index contributed by atoms with van der Waals surface area (Å²) >= 11 is 1.46.